The number of amides is 1. The topological polar surface area (TPSA) is 184 Å². The summed E-state index contributed by atoms with van der Waals surface area (Å²) in [7, 11) is -4.17. The summed E-state index contributed by atoms with van der Waals surface area (Å²) in [5.41, 5.74) is -0.0654. The van der Waals surface area contributed by atoms with Crippen molar-refractivity contribution in [2.75, 3.05) is 23.7 Å². The number of anilines is 1. The van der Waals surface area contributed by atoms with E-state index in [1.54, 1.807) is 29.2 Å². The van der Waals surface area contributed by atoms with Crippen LogP contribution in [0.1, 0.15) is 6.42 Å². The van der Waals surface area contributed by atoms with Crippen LogP contribution in [0.25, 0.3) is 11.0 Å². The number of thiazole rings is 1. The van der Waals surface area contributed by atoms with Gasteiger partial charge in [-0.15, -0.1) is 11.3 Å². The van der Waals surface area contributed by atoms with Crippen molar-refractivity contribution in [3.05, 3.63) is 55.8 Å². The Morgan fingerprint density at radius 3 is 2.41 bits per heavy atom. The first kappa shape index (κ1) is 28.5. The Kier molecular flexibility index (Phi) is 8.26. The molecular weight excluding hydrogens is 595 g/mol. The number of carbonyl (C=O) groups excluding carboxylic acids is 1. The van der Waals surface area contributed by atoms with E-state index >= 15 is 0 Å². The van der Waals surface area contributed by atoms with Crippen LogP contribution in [0, 0.1) is 0 Å². The summed E-state index contributed by atoms with van der Waals surface area (Å²) in [5, 5.41) is 18.4. The smallest absolute Gasteiger partial charge is 0.323 e. The van der Waals surface area contributed by atoms with E-state index in [4.69, 9.17) is 26.6 Å². The molecule has 0 spiro atoms. The van der Waals surface area contributed by atoms with Crippen LogP contribution in [0.4, 0.5) is 5.69 Å². The van der Waals surface area contributed by atoms with Gasteiger partial charge in [0, 0.05) is 12.6 Å². The number of carboxylic acid groups (broad SMARTS) is 2. The molecule has 17 heteroatoms. The molecular formula is C22H19N3O10S4. The molecule has 1 fully saturated rings. The van der Waals surface area contributed by atoms with Crippen molar-refractivity contribution in [2.45, 2.75) is 13.0 Å². The molecule has 39 heavy (non-hydrogen) atoms. The lowest BCUT2D eigenvalue weighted by molar-refractivity contribution is -0.140. The minimum Gasteiger partial charge on any atom is -0.480 e. The highest BCUT2D eigenvalue weighted by Crippen LogP contribution is 2.38. The molecule has 0 unspecified atom stereocenters. The molecule has 2 aliphatic heterocycles. The van der Waals surface area contributed by atoms with Crippen molar-refractivity contribution in [3.8, 4) is 5.75 Å². The molecule has 206 valence electrons. The van der Waals surface area contributed by atoms with Gasteiger partial charge in [0.25, 0.3) is 21.6 Å². The lowest BCUT2D eigenvalue weighted by atomic mass is 10.2. The summed E-state index contributed by atoms with van der Waals surface area (Å²) in [6.07, 6.45) is 2.90. The van der Waals surface area contributed by atoms with Crippen molar-refractivity contribution >= 4 is 84.3 Å². The van der Waals surface area contributed by atoms with Crippen LogP contribution in [0.2, 0.25) is 0 Å². The van der Waals surface area contributed by atoms with E-state index in [2.05, 4.69) is 0 Å². The SMILES string of the molecule is O=C(O)CN1C(=O)/C(=c2/sc(=CC=C3Oc4ccccc4N3CCCS(=O)(=O)O)c(=O)n2CC(=O)O)SC1=S. The van der Waals surface area contributed by atoms with Crippen molar-refractivity contribution < 1.29 is 42.3 Å². The second-order valence-corrected chi connectivity index (χ2v) is 12.3. The zero-order valence-corrected chi connectivity index (χ0v) is 22.9. The molecule has 3 heterocycles. The number of carbonyl (C=O) groups is 3. The number of rotatable bonds is 9. The predicted octanol–water partition coefficient (Wildman–Crippen LogP) is -0.154. The number of hydrogen-bond donors (Lipinski definition) is 3. The Bertz CT molecular complexity index is 1710. The number of nitrogens with zero attached hydrogens (tertiary/aromatic N) is 3. The van der Waals surface area contributed by atoms with Gasteiger partial charge in [-0.3, -0.25) is 33.2 Å². The van der Waals surface area contributed by atoms with Crippen molar-refractivity contribution in [1.82, 2.24) is 9.47 Å². The molecule has 0 atom stereocenters. The average Bonchev–Trinajstić information content (AvgIpc) is 3.44. The number of allylic oxidation sites excluding steroid dienone is 1. The van der Waals surface area contributed by atoms with Gasteiger partial charge in [0.1, 0.15) is 27.0 Å². The maximum Gasteiger partial charge on any atom is 0.323 e. The molecule has 2 aromatic rings. The first-order valence-electron chi connectivity index (χ1n) is 11.0. The average molecular weight is 614 g/mol. The molecule has 3 N–H and O–H groups in total. The van der Waals surface area contributed by atoms with Gasteiger partial charge in [-0.25, -0.2) is 0 Å². The fourth-order valence-electron chi connectivity index (χ4n) is 3.74. The third-order valence-electron chi connectivity index (χ3n) is 5.34. The van der Waals surface area contributed by atoms with Gasteiger partial charge in [-0.2, -0.15) is 8.42 Å². The van der Waals surface area contributed by atoms with Crippen LogP contribution in [-0.2, 0) is 31.0 Å². The van der Waals surface area contributed by atoms with Gasteiger partial charge in [0.05, 0.1) is 16.0 Å². The monoisotopic (exact) mass is 613 g/mol. The molecule has 0 radical (unpaired) electrons. The van der Waals surface area contributed by atoms with Crippen LogP contribution in [-0.4, -0.2) is 73.7 Å². The van der Waals surface area contributed by atoms with Crippen LogP contribution in [0.3, 0.4) is 0 Å². The normalized spacial score (nSPS) is 18.2. The highest BCUT2D eigenvalue weighted by molar-refractivity contribution is 8.30. The number of ether oxygens (including phenoxy) is 1. The molecule has 1 aromatic heterocycles. The van der Waals surface area contributed by atoms with Crippen LogP contribution < -0.4 is 24.4 Å². The Labute approximate surface area is 233 Å². The van der Waals surface area contributed by atoms with E-state index in [-0.39, 0.29) is 37.3 Å². The molecule has 1 aromatic carbocycles. The Balaban J connectivity index is 1.78. The fourth-order valence-corrected chi connectivity index (χ4v) is 6.69. The second-order valence-electron chi connectivity index (χ2n) is 8.07. The zero-order valence-electron chi connectivity index (χ0n) is 19.7. The predicted molar refractivity (Wildman–Crippen MR) is 146 cm³/mol. The summed E-state index contributed by atoms with van der Waals surface area (Å²) in [4.78, 5) is 51.1. The first-order chi connectivity index (χ1) is 18.4. The van der Waals surface area contributed by atoms with Crippen molar-refractivity contribution in [2.24, 2.45) is 0 Å². The van der Waals surface area contributed by atoms with Gasteiger partial charge >= 0.3 is 11.9 Å². The summed E-state index contributed by atoms with van der Waals surface area (Å²) in [6, 6.07) is 6.94. The van der Waals surface area contributed by atoms with Crippen molar-refractivity contribution in [3.63, 3.8) is 0 Å². The molecule has 0 saturated carbocycles. The van der Waals surface area contributed by atoms with E-state index in [9.17, 15) is 32.7 Å². The molecule has 2 aliphatic rings. The number of thiocarbonyl (C=S) groups is 1. The highest BCUT2D eigenvalue weighted by atomic mass is 32.2. The number of fused-ring (bicyclic) bond motifs is 1. The molecule has 0 bridgehead atoms. The molecule has 0 aliphatic carbocycles. The minimum atomic E-state index is -4.17. The molecule has 1 amide bonds. The summed E-state index contributed by atoms with van der Waals surface area (Å²) >= 11 is 6.71. The Morgan fingerprint density at radius 2 is 1.74 bits per heavy atom. The number of aromatic nitrogens is 1. The summed E-state index contributed by atoms with van der Waals surface area (Å²) < 4.78 is 38.2. The quantitative estimate of drug-likeness (QED) is 0.251. The number of thioether (sulfide) groups is 1. The van der Waals surface area contributed by atoms with Crippen LogP contribution in [0.15, 0.2) is 41.0 Å². The van der Waals surface area contributed by atoms with Gasteiger partial charge in [0.15, 0.2) is 5.75 Å². The van der Waals surface area contributed by atoms with Gasteiger partial charge in [-0.1, -0.05) is 36.1 Å². The number of aliphatic carboxylic acids is 2. The number of hydrogen-bond acceptors (Lipinski definition) is 11. The third-order valence-corrected chi connectivity index (χ3v) is 8.86. The number of para-hydroxylation sites is 2. The second kappa shape index (κ2) is 11.3. The lowest BCUT2D eigenvalue weighted by Crippen LogP contribution is -2.36. The zero-order chi connectivity index (χ0) is 28.5. The van der Waals surface area contributed by atoms with E-state index in [1.165, 1.54) is 12.2 Å². The molecule has 4 rings (SSSR count). The summed E-state index contributed by atoms with van der Waals surface area (Å²) in [5.74, 6) is -3.12. The van der Waals surface area contributed by atoms with Crippen LogP contribution >= 0.6 is 35.3 Å². The van der Waals surface area contributed by atoms with E-state index in [0.717, 1.165) is 32.6 Å². The maximum atomic E-state index is 13.1. The van der Waals surface area contributed by atoms with E-state index in [1.807, 2.05) is 0 Å². The summed E-state index contributed by atoms with van der Waals surface area (Å²) in [6.45, 7) is -1.27. The Hall–Kier alpha value is -3.51. The number of benzene rings is 1. The van der Waals surface area contributed by atoms with Crippen LogP contribution in [0.5, 0.6) is 5.75 Å². The van der Waals surface area contributed by atoms with Crippen molar-refractivity contribution in [1.29, 1.82) is 0 Å². The molecule has 13 nitrogen and oxygen atoms in total. The lowest BCUT2D eigenvalue weighted by Gasteiger charge is -2.17. The standard InChI is InChI=1S/C22H19N3O10S4/c26-16(27)10-24-19(30)14(37-21(24)18-20(31)25(11-17(28)29)22(36)38-18)6-7-15-23(8-3-9-39(32,33)34)12-4-1-2-5-13(12)35-15/h1-2,4-7H,3,8-11H2,(H,26,27)(H,28,29)(H,32,33,34)/b14-6?,15-7?,21-18-. The molecule has 1 saturated heterocycles. The minimum absolute atomic E-state index is 0.0120. The van der Waals surface area contributed by atoms with Gasteiger partial charge < -0.3 is 19.8 Å². The largest absolute Gasteiger partial charge is 0.480 e. The van der Waals surface area contributed by atoms with E-state index < -0.39 is 52.4 Å². The van der Waals surface area contributed by atoms with Gasteiger partial charge in [0.2, 0.25) is 5.88 Å². The highest BCUT2D eigenvalue weighted by Gasteiger charge is 2.35. The Morgan fingerprint density at radius 1 is 1.05 bits per heavy atom. The third kappa shape index (κ3) is 6.39. The first-order valence-corrected chi connectivity index (χ1v) is 14.6. The number of carboxylic acids is 2. The van der Waals surface area contributed by atoms with Gasteiger partial charge in [-0.05, 0) is 24.6 Å². The fraction of sp³-hybridized carbons (Fsp3) is 0.227. The maximum absolute atomic E-state index is 13.1. The van der Waals surface area contributed by atoms with E-state index in [0.29, 0.717) is 11.4 Å².